The van der Waals surface area contributed by atoms with Crippen LogP contribution >= 0.6 is 0 Å². The summed E-state index contributed by atoms with van der Waals surface area (Å²) >= 11 is 0. The number of aromatic nitrogens is 1. The topological polar surface area (TPSA) is 85.8 Å². The predicted octanol–water partition coefficient (Wildman–Crippen LogP) is 7.35. The molecule has 7 nitrogen and oxygen atoms in total. The molecule has 4 aromatic rings. The van der Waals surface area contributed by atoms with E-state index in [2.05, 4.69) is 28.4 Å². The second kappa shape index (κ2) is 13.4. The van der Waals surface area contributed by atoms with Crippen molar-refractivity contribution in [2.75, 3.05) is 19.6 Å². The SMILES string of the molecule is CC1(C(=O)N[C@@H](Cc2cccc3c(-c4ncc(CN5CCCCC5)c5ccccc45)cccc23)C(=O)O)CC2CCC(C1)N2CC(F)(F)F. The molecule has 0 saturated carbocycles. The number of aliphatic carboxylic acids is 1. The Bertz CT molecular complexity index is 1860. The Kier molecular flexibility index (Phi) is 9.13. The van der Waals surface area contributed by atoms with E-state index in [1.807, 2.05) is 48.7 Å². The number of benzene rings is 3. The van der Waals surface area contributed by atoms with Gasteiger partial charge in [0.15, 0.2) is 0 Å². The highest BCUT2D eigenvalue weighted by Crippen LogP contribution is 2.46. The van der Waals surface area contributed by atoms with Crippen molar-refractivity contribution in [2.45, 2.75) is 89.1 Å². The Morgan fingerprint density at radius 1 is 0.898 bits per heavy atom. The average molecular weight is 673 g/mol. The van der Waals surface area contributed by atoms with E-state index in [1.54, 1.807) is 6.92 Å². The Hall–Kier alpha value is -4.02. The number of nitrogens with zero attached hydrogens (tertiary/aromatic N) is 3. The van der Waals surface area contributed by atoms with Gasteiger partial charge in [-0.05, 0) is 78.9 Å². The molecule has 3 saturated heterocycles. The monoisotopic (exact) mass is 672 g/mol. The minimum absolute atomic E-state index is 0.0634. The predicted molar refractivity (Wildman–Crippen MR) is 184 cm³/mol. The molecule has 3 aliphatic rings. The van der Waals surface area contributed by atoms with Gasteiger partial charge in [-0.15, -0.1) is 0 Å². The van der Waals surface area contributed by atoms with Crippen LogP contribution in [0.5, 0.6) is 0 Å². The first-order valence-electron chi connectivity index (χ1n) is 17.5. The largest absolute Gasteiger partial charge is 0.480 e. The highest BCUT2D eigenvalue weighted by atomic mass is 19.4. The van der Waals surface area contributed by atoms with Gasteiger partial charge in [-0.2, -0.15) is 13.2 Å². The maximum Gasteiger partial charge on any atom is 0.401 e. The summed E-state index contributed by atoms with van der Waals surface area (Å²) in [7, 11) is 0. The van der Waals surface area contributed by atoms with E-state index >= 15 is 0 Å². The molecule has 4 heterocycles. The molecule has 3 atom stereocenters. The van der Waals surface area contributed by atoms with E-state index < -0.39 is 36.1 Å². The van der Waals surface area contributed by atoms with Gasteiger partial charge in [0, 0.05) is 47.6 Å². The molecule has 1 amide bonds. The lowest BCUT2D eigenvalue weighted by Crippen LogP contribution is -2.56. The molecule has 2 bridgehead atoms. The van der Waals surface area contributed by atoms with E-state index in [1.165, 1.54) is 35.1 Å². The molecule has 3 aromatic carbocycles. The fraction of sp³-hybridized carbons (Fsp3) is 0.462. The minimum atomic E-state index is -4.30. The highest BCUT2D eigenvalue weighted by molar-refractivity contribution is 6.05. The van der Waals surface area contributed by atoms with E-state index in [4.69, 9.17) is 4.98 Å². The second-order valence-corrected chi connectivity index (χ2v) is 14.5. The molecule has 258 valence electrons. The quantitative estimate of drug-likeness (QED) is 0.194. The molecular formula is C39H43F3N4O3. The van der Waals surface area contributed by atoms with Gasteiger partial charge in [-0.25, -0.2) is 4.79 Å². The highest BCUT2D eigenvalue weighted by Gasteiger charge is 2.52. The number of amides is 1. The Morgan fingerprint density at radius 3 is 2.22 bits per heavy atom. The van der Waals surface area contributed by atoms with E-state index in [0.717, 1.165) is 52.6 Å². The number of alkyl halides is 3. The summed E-state index contributed by atoms with van der Waals surface area (Å²) < 4.78 is 39.7. The molecule has 0 spiro atoms. The number of nitrogens with one attached hydrogen (secondary N) is 1. The van der Waals surface area contributed by atoms with Gasteiger partial charge in [0.1, 0.15) is 6.04 Å². The van der Waals surface area contributed by atoms with Crippen LogP contribution in [0.3, 0.4) is 0 Å². The Morgan fingerprint density at radius 2 is 1.53 bits per heavy atom. The lowest BCUT2D eigenvalue weighted by atomic mass is 9.75. The number of fused-ring (bicyclic) bond motifs is 4. The number of carbonyl (C=O) groups is 2. The van der Waals surface area contributed by atoms with Gasteiger partial charge in [-0.1, -0.05) is 74.0 Å². The molecule has 0 aliphatic carbocycles. The van der Waals surface area contributed by atoms with Gasteiger partial charge in [0.05, 0.1) is 12.2 Å². The molecule has 3 fully saturated rings. The summed E-state index contributed by atoms with van der Waals surface area (Å²) in [6.45, 7) is 3.84. The lowest BCUT2D eigenvalue weighted by Gasteiger charge is -2.44. The van der Waals surface area contributed by atoms with E-state index in [-0.39, 0.29) is 31.3 Å². The zero-order chi connectivity index (χ0) is 34.3. The van der Waals surface area contributed by atoms with Crippen LogP contribution in [0.1, 0.15) is 63.0 Å². The van der Waals surface area contributed by atoms with Crippen LogP contribution in [0.25, 0.3) is 32.8 Å². The van der Waals surface area contributed by atoms with Crippen molar-refractivity contribution in [1.29, 1.82) is 0 Å². The van der Waals surface area contributed by atoms with Gasteiger partial charge < -0.3 is 10.4 Å². The normalized spacial score (nSPS) is 23.9. The van der Waals surface area contributed by atoms with Crippen LogP contribution in [0.4, 0.5) is 13.2 Å². The number of carboxylic acid groups (broad SMARTS) is 1. The van der Waals surface area contributed by atoms with E-state index in [9.17, 15) is 27.9 Å². The molecule has 2 N–H and O–H groups in total. The van der Waals surface area contributed by atoms with Crippen LogP contribution in [-0.2, 0) is 22.6 Å². The molecule has 49 heavy (non-hydrogen) atoms. The first-order valence-corrected chi connectivity index (χ1v) is 17.5. The number of halogens is 3. The van der Waals surface area contributed by atoms with Crippen LogP contribution in [0, 0.1) is 5.41 Å². The number of carboxylic acids is 1. The standard InChI is InChI=1S/C39H43F3N4O3/c1-38(20-27-15-16-28(21-38)46(27)24-39(40,41)42)37(49)44-34(36(47)48)19-25-9-7-13-31-29(25)12-8-14-33(31)35-32-11-4-3-10-30(32)26(22-43-35)23-45-17-5-2-6-18-45/h3-4,7-14,22,27-28,34H,2,5-6,15-21,23-24H2,1H3,(H,44,49)(H,47,48)/t27?,28?,34-,38?/m0/s1. The number of carbonyl (C=O) groups excluding carboxylic acids is 1. The maximum absolute atomic E-state index is 13.7. The molecule has 1 aromatic heterocycles. The molecule has 0 radical (unpaired) electrons. The van der Waals surface area contributed by atoms with Gasteiger partial charge >= 0.3 is 12.1 Å². The number of rotatable bonds is 9. The smallest absolute Gasteiger partial charge is 0.401 e. The number of hydrogen-bond acceptors (Lipinski definition) is 5. The van der Waals surface area contributed by atoms with Crippen LogP contribution < -0.4 is 5.32 Å². The molecule has 3 aliphatic heterocycles. The number of pyridine rings is 1. The van der Waals surface area contributed by atoms with Crippen molar-refractivity contribution in [1.82, 2.24) is 20.1 Å². The van der Waals surface area contributed by atoms with Crippen molar-refractivity contribution < 1.29 is 27.9 Å². The lowest BCUT2D eigenvalue weighted by molar-refractivity contribution is -0.162. The number of likely N-dealkylation sites (tertiary alicyclic amines) is 1. The summed E-state index contributed by atoms with van der Waals surface area (Å²) in [6, 6.07) is 18.2. The molecule has 10 heteroatoms. The van der Waals surface area contributed by atoms with Crippen molar-refractivity contribution in [2.24, 2.45) is 5.41 Å². The maximum atomic E-state index is 13.7. The average Bonchev–Trinajstić information content (AvgIpc) is 3.31. The van der Waals surface area contributed by atoms with Gasteiger partial charge in [0.25, 0.3) is 0 Å². The fourth-order valence-corrected chi connectivity index (χ4v) is 8.69. The Labute approximate surface area is 284 Å². The fourth-order valence-electron chi connectivity index (χ4n) is 8.69. The van der Waals surface area contributed by atoms with Crippen LogP contribution in [-0.4, -0.2) is 75.7 Å². The minimum Gasteiger partial charge on any atom is -0.480 e. The zero-order valence-electron chi connectivity index (χ0n) is 27.8. The first kappa shape index (κ1) is 33.5. The van der Waals surface area contributed by atoms with Crippen molar-refractivity contribution in [3.63, 3.8) is 0 Å². The number of hydrogen-bond donors (Lipinski definition) is 2. The summed E-state index contributed by atoms with van der Waals surface area (Å²) in [5, 5.41) is 17.1. The zero-order valence-corrected chi connectivity index (χ0v) is 27.8. The third-order valence-electron chi connectivity index (χ3n) is 11.1. The van der Waals surface area contributed by atoms with E-state index in [0.29, 0.717) is 12.8 Å². The summed E-state index contributed by atoms with van der Waals surface area (Å²) in [5.41, 5.74) is 2.85. The Balaban J connectivity index is 1.14. The molecule has 7 rings (SSSR count). The summed E-state index contributed by atoms with van der Waals surface area (Å²) in [5.74, 6) is -1.57. The van der Waals surface area contributed by atoms with Gasteiger partial charge in [-0.3, -0.25) is 19.6 Å². The summed E-state index contributed by atoms with van der Waals surface area (Å²) in [4.78, 5) is 35.2. The first-order chi connectivity index (χ1) is 23.5. The van der Waals surface area contributed by atoms with Crippen LogP contribution in [0.15, 0.2) is 66.9 Å². The van der Waals surface area contributed by atoms with Crippen molar-refractivity contribution in [3.8, 4) is 11.3 Å². The van der Waals surface area contributed by atoms with Crippen molar-refractivity contribution in [3.05, 3.63) is 78.0 Å². The number of piperidine rings is 2. The third kappa shape index (κ3) is 6.90. The van der Waals surface area contributed by atoms with Crippen LogP contribution in [0.2, 0.25) is 0 Å². The molecule has 2 unspecified atom stereocenters. The second-order valence-electron chi connectivity index (χ2n) is 14.5. The molecular weight excluding hydrogens is 629 g/mol. The van der Waals surface area contributed by atoms with Crippen molar-refractivity contribution >= 4 is 33.4 Å². The third-order valence-corrected chi connectivity index (χ3v) is 11.1. The summed E-state index contributed by atoms with van der Waals surface area (Å²) in [6.07, 6.45) is 3.23. The van der Waals surface area contributed by atoms with Gasteiger partial charge in [0.2, 0.25) is 5.91 Å².